The summed E-state index contributed by atoms with van der Waals surface area (Å²) in [7, 11) is 0. The van der Waals surface area contributed by atoms with Gasteiger partial charge in [-0.2, -0.15) is 0 Å². The minimum Gasteiger partial charge on any atom is -0.351 e. The van der Waals surface area contributed by atoms with Crippen molar-refractivity contribution in [2.75, 3.05) is 39.3 Å². The van der Waals surface area contributed by atoms with Crippen LogP contribution in [-0.2, 0) is 17.6 Å². The van der Waals surface area contributed by atoms with Crippen LogP contribution in [0.15, 0.2) is 28.9 Å². The molecule has 3 aliphatic rings. The maximum absolute atomic E-state index is 13.1. The molecule has 2 aliphatic heterocycles. The molecule has 3 amide bonds. The molecule has 2 N–H and O–H groups in total. The predicted molar refractivity (Wildman–Crippen MR) is 144 cm³/mol. The van der Waals surface area contributed by atoms with Gasteiger partial charge in [0.25, 0.3) is 0 Å². The van der Waals surface area contributed by atoms with Crippen LogP contribution < -0.4 is 5.73 Å². The van der Waals surface area contributed by atoms with Crippen LogP contribution >= 0.6 is 39.1 Å². The maximum Gasteiger partial charge on any atom is 0.314 e. The molecule has 2 fully saturated rings. The molecule has 192 valence electrons. The van der Waals surface area contributed by atoms with Crippen molar-refractivity contribution in [1.29, 1.82) is 0 Å². The van der Waals surface area contributed by atoms with Gasteiger partial charge >= 0.3 is 6.03 Å². The topological polar surface area (TPSA) is 82.8 Å². The fraction of sp³-hybridized carbons (Fsp3) is 0.500. The third-order valence-corrected chi connectivity index (χ3v) is 8.73. The number of fused-ring (bicyclic) bond motifs is 2. The fourth-order valence-corrected chi connectivity index (χ4v) is 6.83. The molecule has 10 heteroatoms. The summed E-state index contributed by atoms with van der Waals surface area (Å²) in [6.07, 6.45) is 5.75. The number of aromatic nitrogens is 1. The monoisotopic (exact) mass is 593 g/mol. The Labute approximate surface area is 230 Å². The molecular weight excluding hydrogens is 565 g/mol. The minimum absolute atomic E-state index is 0.0780. The third kappa shape index (κ3) is 5.37. The van der Waals surface area contributed by atoms with E-state index >= 15 is 0 Å². The zero-order valence-electron chi connectivity index (χ0n) is 20.1. The van der Waals surface area contributed by atoms with Gasteiger partial charge in [0.1, 0.15) is 0 Å². The highest BCUT2D eigenvalue weighted by molar-refractivity contribution is 9.10. The van der Waals surface area contributed by atoms with Gasteiger partial charge in [-0.15, -0.1) is 0 Å². The van der Waals surface area contributed by atoms with Crippen molar-refractivity contribution >= 4 is 51.1 Å². The van der Waals surface area contributed by atoms with Crippen molar-refractivity contribution in [3.8, 4) is 0 Å². The van der Waals surface area contributed by atoms with Gasteiger partial charge in [0.15, 0.2) is 0 Å². The number of piperidine rings is 1. The highest BCUT2D eigenvalue weighted by atomic mass is 79.9. The summed E-state index contributed by atoms with van der Waals surface area (Å²) in [4.78, 5) is 35.4. The third-order valence-electron chi connectivity index (χ3n) is 7.77. The van der Waals surface area contributed by atoms with Crippen LogP contribution in [-0.4, -0.2) is 70.9 Å². The number of hydrogen-bond donors (Lipinski definition) is 1. The Hall–Kier alpha value is -1.87. The van der Waals surface area contributed by atoms with E-state index in [0.717, 1.165) is 60.1 Å². The number of halogens is 3. The summed E-state index contributed by atoms with van der Waals surface area (Å²) >= 11 is 16.8. The molecular formula is C26H30BrCl2N5O2. The Morgan fingerprint density at radius 3 is 2.36 bits per heavy atom. The van der Waals surface area contributed by atoms with Crippen LogP contribution in [0.4, 0.5) is 4.79 Å². The van der Waals surface area contributed by atoms with E-state index < -0.39 is 0 Å². The van der Waals surface area contributed by atoms with Gasteiger partial charge in [-0.05, 0) is 82.4 Å². The predicted octanol–water partition coefficient (Wildman–Crippen LogP) is 4.66. The molecule has 2 aromatic rings. The van der Waals surface area contributed by atoms with Crippen LogP contribution in [0.2, 0.25) is 10.0 Å². The quantitative estimate of drug-likeness (QED) is 0.560. The number of piperazine rings is 1. The van der Waals surface area contributed by atoms with Crippen molar-refractivity contribution < 1.29 is 9.59 Å². The Morgan fingerprint density at radius 1 is 0.972 bits per heavy atom. The summed E-state index contributed by atoms with van der Waals surface area (Å²) in [6.45, 7) is 4.09. The number of carbonyl (C=O) groups is 2. The van der Waals surface area contributed by atoms with E-state index in [1.807, 2.05) is 23.2 Å². The van der Waals surface area contributed by atoms with Gasteiger partial charge in [-0.3, -0.25) is 14.7 Å². The largest absolute Gasteiger partial charge is 0.351 e. The van der Waals surface area contributed by atoms with Gasteiger partial charge in [-0.25, -0.2) is 4.79 Å². The molecule has 2 saturated heterocycles. The number of urea groups is 1. The van der Waals surface area contributed by atoms with Gasteiger partial charge < -0.3 is 15.5 Å². The fourth-order valence-electron chi connectivity index (χ4n) is 5.81. The first kappa shape index (κ1) is 25.8. The SMILES string of the molecule is NC(=O)N1CCC(CC(=O)N2CCN(C3c4ncc(Br)cc4CCc4cc(Cl)cc(Cl)c43)CC2)CC1. The first-order valence-corrected chi connectivity index (χ1v) is 14.0. The molecule has 0 saturated carbocycles. The van der Waals surface area contributed by atoms with E-state index in [-0.39, 0.29) is 18.0 Å². The number of benzene rings is 1. The van der Waals surface area contributed by atoms with E-state index in [0.29, 0.717) is 48.6 Å². The molecule has 1 aromatic heterocycles. The molecule has 1 atom stereocenters. The average molecular weight is 595 g/mol. The first-order chi connectivity index (χ1) is 17.3. The smallest absolute Gasteiger partial charge is 0.314 e. The van der Waals surface area contributed by atoms with Gasteiger partial charge in [0.2, 0.25) is 5.91 Å². The molecule has 1 aliphatic carbocycles. The Balaban J connectivity index is 1.31. The number of nitrogens with two attached hydrogens (primary N) is 1. The van der Waals surface area contributed by atoms with Crippen molar-refractivity contribution in [1.82, 2.24) is 19.7 Å². The van der Waals surface area contributed by atoms with Crippen LogP contribution in [0, 0.1) is 5.92 Å². The van der Waals surface area contributed by atoms with Crippen LogP contribution in [0.3, 0.4) is 0 Å². The zero-order chi connectivity index (χ0) is 25.4. The number of rotatable bonds is 3. The molecule has 5 rings (SSSR count). The Morgan fingerprint density at radius 2 is 1.67 bits per heavy atom. The Bertz CT molecular complexity index is 1160. The van der Waals surface area contributed by atoms with Gasteiger partial charge in [0, 0.05) is 66.4 Å². The summed E-state index contributed by atoms with van der Waals surface area (Å²) in [5.41, 5.74) is 9.86. The molecule has 36 heavy (non-hydrogen) atoms. The summed E-state index contributed by atoms with van der Waals surface area (Å²) in [6, 6.07) is 5.55. The number of aryl methyl sites for hydroxylation is 2. The van der Waals surface area contributed by atoms with Crippen LogP contribution in [0.25, 0.3) is 0 Å². The normalized spacial score (nSPS) is 21.0. The van der Waals surface area contributed by atoms with E-state index in [9.17, 15) is 9.59 Å². The number of carbonyl (C=O) groups excluding carboxylic acids is 2. The second-order valence-corrected chi connectivity index (χ2v) is 11.7. The molecule has 7 nitrogen and oxygen atoms in total. The average Bonchev–Trinajstić information content (AvgIpc) is 3.01. The number of pyridine rings is 1. The highest BCUT2D eigenvalue weighted by Gasteiger charge is 2.35. The second kappa shape index (κ2) is 10.9. The van der Waals surface area contributed by atoms with Crippen LogP contribution in [0.1, 0.15) is 47.7 Å². The van der Waals surface area contributed by atoms with Crippen molar-refractivity contribution in [3.05, 3.63) is 61.3 Å². The lowest BCUT2D eigenvalue weighted by atomic mass is 9.93. The molecule has 0 spiro atoms. The standard InChI is InChI=1S/C26H30BrCl2N5O2/c27-19-12-18-2-1-17-13-20(28)14-21(29)23(17)25(24(18)31-15-19)33-9-7-32(8-10-33)22(35)11-16-3-5-34(6-4-16)26(30)36/h12-16,25H,1-11H2,(H2,30,36). The van der Waals surface area contributed by atoms with Crippen molar-refractivity contribution in [2.45, 2.75) is 38.1 Å². The number of primary amides is 1. The van der Waals surface area contributed by atoms with Crippen molar-refractivity contribution in [3.63, 3.8) is 0 Å². The highest BCUT2D eigenvalue weighted by Crippen LogP contribution is 2.41. The lowest BCUT2D eigenvalue weighted by molar-refractivity contribution is -0.134. The summed E-state index contributed by atoms with van der Waals surface area (Å²) in [5, 5.41) is 1.32. The number of hydrogen-bond acceptors (Lipinski definition) is 4. The molecule has 0 radical (unpaired) electrons. The van der Waals surface area contributed by atoms with E-state index in [1.165, 1.54) is 5.56 Å². The van der Waals surface area contributed by atoms with Crippen molar-refractivity contribution in [2.24, 2.45) is 11.7 Å². The number of amides is 3. The molecule has 1 aromatic carbocycles. The van der Waals surface area contributed by atoms with Gasteiger partial charge in [-0.1, -0.05) is 23.2 Å². The zero-order valence-corrected chi connectivity index (χ0v) is 23.2. The summed E-state index contributed by atoms with van der Waals surface area (Å²) in [5.74, 6) is 0.499. The maximum atomic E-state index is 13.1. The second-order valence-electron chi connectivity index (χ2n) is 9.95. The summed E-state index contributed by atoms with van der Waals surface area (Å²) < 4.78 is 0.965. The number of likely N-dealkylation sites (tertiary alicyclic amines) is 1. The van der Waals surface area contributed by atoms with E-state index in [4.69, 9.17) is 33.9 Å². The lowest BCUT2D eigenvalue weighted by Gasteiger charge is -2.40. The number of nitrogens with zero attached hydrogens (tertiary/aromatic N) is 4. The van der Waals surface area contributed by atoms with Crippen LogP contribution in [0.5, 0.6) is 0 Å². The molecule has 3 heterocycles. The lowest BCUT2D eigenvalue weighted by Crippen LogP contribution is -2.50. The minimum atomic E-state index is -0.373. The first-order valence-electron chi connectivity index (χ1n) is 12.5. The van der Waals surface area contributed by atoms with E-state index in [1.54, 1.807) is 4.90 Å². The Kier molecular flexibility index (Phi) is 7.77. The molecule has 0 bridgehead atoms. The van der Waals surface area contributed by atoms with Gasteiger partial charge in [0.05, 0.1) is 11.7 Å². The van der Waals surface area contributed by atoms with E-state index in [2.05, 4.69) is 26.9 Å². The molecule has 1 unspecified atom stereocenters.